The van der Waals surface area contributed by atoms with Crippen molar-refractivity contribution >= 4 is 39.3 Å². The van der Waals surface area contributed by atoms with Gasteiger partial charge in [-0.15, -0.1) is 0 Å². The zero-order valence-electron chi connectivity index (χ0n) is 18.1. The molecule has 0 radical (unpaired) electrons. The summed E-state index contributed by atoms with van der Waals surface area (Å²) in [5, 5.41) is 2.74. The van der Waals surface area contributed by atoms with Gasteiger partial charge in [0.25, 0.3) is 17.7 Å². The Kier molecular flexibility index (Phi) is 7.48. The highest BCUT2D eigenvalue weighted by Crippen LogP contribution is 2.18. The molecule has 0 saturated carbocycles. The SMILES string of the molecule is CCN(Cc1ccc(C(=O)N(C)C)cc1)C(=O)c1cccc(NC(=O)c2ccc(Br)o2)c1. The number of rotatable bonds is 7. The quantitative estimate of drug-likeness (QED) is 0.514. The molecule has 166 valence electrons. The second-order valence-corrected chi connectivity index (χ2v) is 8.14. The van der Waals surface area contributed by atoms with Gasteiger partial charge in [0.2, 0.25) is 0 Å². The lowest BCUT2D eigenvalue weighted by Crippen LogP contribution is -2.30. The number of anilines is 1. The molecule has 8 heteroatoms. The van der Waals surface area contributed by atoms with E-state index in [0.29, 0.717) is 34.6 Å². The van der Waals surface area contributed by atoms with E-state index in [2.05, 4.69) is 21.2 Å². The number of carbonyl (C=O) groups is 3. The van der Waals surface area contributed by atoms with Gasteiger partial charge in [0.1, 0.15) is 0 Å². The molecule has 3 aromatic rings. The van der Waals surface area contributed by atoms with Gasteiger partial charge in [-0.2, -0.15) is 0 Å². The first kappa shape index (κ1) is 23.3. The molecule has 0 unspecified atom stereocenters. The van der Waals surface area contributed by atoms with Gasteiger partial charge < -0.3 is 19.5 Å². The third-order valence-electron chi connectivity index (χ3n) is 4.81. The van der Waals surface area contributed by atoms with E-state index < -0.39 is 5.91 Å². The molecule has 0 atom stereocenters. The molecule has 0 aliphatic heterocycles. The minimum atomic E-state index is -0.403. The predicted octanol–water partition coefficient (Wildman–Crippen LogP) is 4.66. The summed E-state index contributed by atoms with van der Waals surface area (Å²) in [4.78, 5) is 40.7. The predicted molar refractivity (Wildman–Crippen MR) is 126 cm³/mol. The van der Waals surface area contributed by atoms with Gasteiger partial charge in [-0.1, -0.05) is 18.2 Å². The summed E-state index contributed by atoms with van der Waals surface area (Å²) >= 11 is 3.17. The molecule has 0 aliphatic rings. The summed E-state index contributed by atoms with van der Waals surface area (Å²) in [5.41, 5.74) is 2.48. The van der Waals surface area contributed by atoms with E-state index >= 15 is 0 Å². The number of hydrogen-bond donors (Lipinski definition) is 1. The second kappa shape index (κ2) is 10.3. The lowest BCUT2D eigenvalue weighted by atomic mass is 10.1. The van der Waals surface area contributed by atoms with Crippen LogP contribution in [0.5, 0.6) is 0 Å². The molecule has 1 aromatic heterocycles. The van der Waals surface area contributed by atoms with Crippen molar-refractivity contribution in [1.29, 1.82) is 0 Å². The van der Waals surface area contributed by atoms with Crippen LogP contribution in [-0.4, -0.2) is 48.2 Å². The maximum atomic E-state index is 13.1. The smallest absolute Gasteiger partial charge is 0.291 e. The van der Waals surface area contributed by atoms with Crippen LogP contribution in [-0.2, 0) is 6.54 Å². The third-order valence-corrected chi connectivity index (χ3v) is 5.24. The van der Waals surface area contributed by atoms with Crippen LogP contribution in [0, 0.1) is 0 Å². The monoisotopic (exact) mass is 497 g/mol. The Labute approximate surface area is 195 Å². The number of furan rings is 1. The van der Waals surface area contributed by atoms with Crippen LogP contribution in [0.3, 0.4) is 0 Å². The zero-order chi connectivity index (χ0) is 23.3. The summed E-state index contributed by atoms with van der Waals surface area (Å²) in [7, 11) is 3.41. The average Bonchev–Trinajstić information content (AvgIpc) is 3.23. The topological polar surface area (TPSA) is 82.9 Å². The van der Waals surface area contributed by atoms with Gasteiger partial charge in [-0.3, -0.25) is 14.4 Å². The van der Waals surface area contributed by atoms with E-state index in [1.807, 2.05) is 19.1 Å². The Morgan fingerprint density at radius 3 is 2.25 bits per heavy atom. The summed E-state index contributed by atoms with van der Waals surface area (Å²) < 4.78 is 5.72. The van der Waals surface area contributed by atoms with Crippen LogP contribution in [0.2, 0.25) is 0 Å². The standard InChI is InChI=1S/C24H24BrN3O4/c1-4-28(15-16-8-10-17(11-9-16)23(30)27(2)3)24(31)18-6-5-7-19(14-18)26-22(29)20-12-13-21(25)32-20/h5-14H,4,15H2,1-3H3,(H,26,29). The van der Waals surface area contributed by atoms with Gasteiger partial charge in [0.15, 0.2) is 10.4 Å². The summed E-state index contributed by atoms with van der Waals surface area (Å²) in [6.45, 7) is 2.82. The first-order chi connectivity index (χ1) is 15.3. The van der Waals surface area contributed by atoms with Crippen LogP contribution >= 0.6 is 15.9 Å². The van der Waals surface area contributed by atoms with Crippen LogP contribution in [0.4, 0.5) is 5.69 Å². The average molecular weight is 498 g/mol. The van der Waals surface area contributed by atoms with Crippen molar-refractivity contribution in [1.82, 2.24) is 9.80 Å². The van der Waals surface area contributed by atoms with Gasteiger partial charge >= 0.3 is 0 Å². The minimum absolute atomic E-state index is 0.0688. The first-order valence-corrected chi connectivity index (χ1v) is 10.8. The van der Waals surface area contributed by atoms with Gasteiger partial charge in [0.05, 0.1) is 0 Å². The molecule has 0 saturated heterocycles. The lowest BCUT2D eigenvalue weighted by molar-refractivity contribution is 0.0751. The second-order valence-electron chi connectivity index (χ2n) is 7.35. The summed E-state index contributed by atoms with van der Waals surface area (Å²) in [6.07, 6.45) is 0. The lowest BCUT2D eigenvalue weighted by Gasteiger charge is -2.21. The number of nitrogens with zero attached hydrogens (tertiary/aromatic N) is 2. The Morgan fingerprint density at radius 2 is 1.66 bits per heavy atom. The van der Waals surface area contributed by atoms with E-state index in [9.17, 15) is 14.4 Å². The molecule has 32 heavy (non-hydrogen) atoms. The van der Waals surface area contributed by atoms with E-state index in [1.165, 1.54) is 4.90 Å². The van der Waals surface area contributed by atoms with Crippen molar-refractivity contribution < 1.29 is 18.8 Å². The molecule has 3 rings (SSSR count). The first-order valence-electron chi connectivity index (χ1n) is 10.0. The Balaban J connectivity index is 1.70. The van der Waals surface area contributed by atoms with Crippen LogP contribution in [0.15, 0.2) is 69.8 Å². The molecular weight excluding hydrogens is 474 g/mol. The Bertz CT molecular complexity index is 1120. The minimum Gasteiger partial charge on any atom is -0.444 e. The summed E-state index contributed by atoms with van der Waals surface area (Å²) in [5.74, 6) is -0.460. The van der Waals surface area contributed by atoms with Gasteiger partial charge in [-0.05, 0) is 70.9 Å². The maximum Gasteiger partial charge on any atom is 0.291 e. The molecule has 2 aromatic carbocycles. The van der Waals surface area contributed by atoms with Crippen LogP contribution in [0.25, 0.3) is 0 Å². The normalized spacial score (nSPS) is 10.5. The van der Waals surface area contributed by atoms with Crippen LogP contribution in [0.1, 0.15) is 43.8 Å². The van der Waals surface area contributed by atoms with Crippen molar-refractivity contribution in [3.63, 3.8) is 0 Å². The fraction of sp³-hybridized carbons (Fsp3) is 0.208. The van der Waals surface area contributed by atoms with E-state index in [0.717, 1.165) is 5.56 Å². The number of halogens is 1. The molecule has 7 nitrogen and oxygen atoms in total. The van der Waals surface area contributed by atoms with Gasteiger partial charge in [-0.25, -0.2) is 0 Å². The zero-order valence-corrected chi connectivity index (χ0v) is 19.7. The molecule has 0 aliphatic carbocycles. The van der Waals surface area contributed by atoms with Crippen molar-refractivity contribution in [2.75, 3.05) is 26.0 Å². The van der Waals surface area contributed by atoms with Gasteiger partial charge in [0, 0.05) is 44.0 Å². The molecule has 0 spiro atoms. The fourth-order valence-corrected chi connectivity index (χ4v) is 3.41. The molecule has 0 fully saturated rings. The van der Waals surface area contributed by atoms with E-state index in [1.54, 1.807) is 67.5 Å². The van der Waals surface area contributed by atoms with Crippen molar-refractivity contribution in [2.45, 2.75) is 13.5 Å². The molecule has 1 N–H and O–H groups in total. The van der Waals surface area contributed by atoms with Crippen molar-refractivity contribution in [3.8, 4) is 0 Å². The Morgan fingerprint density at radius 1 is 0.938 bits per heavy atom. The number of carbonyl (C=O) groups excluding carboxylic acids is 3. The number of benzene rings is 2. The number of amides is 3. The summed E-state index contributed by atoms with van der Waals surface area (Å²) in [6, 6.07) is 17.2. The third kappa shape index (κ3) is 5.64. The largest absolute Gasteiger partial charge is 0.444 e. The number of nitrogens with one attached hydrogen (secondary N) is 1. The molecule has 0 bridgehead atoms. The Hall–Kier alpha value is -3.39. The maximum absolute atomic E-state index is 13.1. The molecule has 3 amide bonds. The highest BCUT2D eigenvalue weighted by atomic mass is 79.9. The number of hydrogen-bond acceptors (Lipinski definition) is 4. The van der Waals surface area contributed by atoms with Crippen molar-refractivity contribution in [2.24, 2.45) is 0 Å². The highest BCUT2D eigenvalue weighted by Gasteiger charge is 2.17. The highest BCUT2D eigenvalue weighted by molar-refractivity contribution is 9.10. The van der Waals surface area contributed by atoms with E-state index in [-0.39, 0.29) is 17.6 Å². The molecule has 1 heterocycles. The van der Waals surface area contributed by atoms with Crippen LogP contribution < -0.4 is 5.32 Å². The molecular formula is C24H24BrN3O4. The fourth-order valence-electron chi connectivity index (χ4n) is 3.10. The van der Waals surface area contributed by atoms with Crippen molar-refractivity contribution in [3.05, 3.63) is 87.8 Å². The van der Waals surface area contributed by atoms with E-state index in [4.69, 9.17) is 4.42 Å².